The second-order valence-electron chi connectivity index (χ2n) is 7.99. The van der Waals surface area contributed by atoms with E-state index >= 15 is 0 Å². The van der Waals surface area contributed by atoms with Crippen LogP contribution in [-0.4, -0.2) is 30.6 Å². The lowest BCUT2D eigenvalue weighted by Crippen LogP contribution is -2.34. The van der Waals surface area contributed by atoms with E-state index in [0.717, 1.165) is 0 Å². The summed E-state index contributed by atoms with van der Waals surface area (Å²) in [6.45, 7) is 4.73. The van der Waals surface area contributed by atoms with Gasteiger partial charge in [-0.2, -0.15) is 0 Å². The maximum Gasteiger partial charge on any atom is 0.257 e. The van der Waals surface area contributed by atoms with Crippen LogP contribution in [0.25, 0.3) is 0 Å². The normalized spacial score (nSPS) is 10.4. The van der Waals surface area contributed by atoms with Crippen LogP contribution in [0.3, 0.4) is 0 Å². The first kappa shape index (κ1) is 26.0. The Hall–Kier alpha value is -3.62. The first-order chi connectivity index (χ1) is 16.8. The summed E-state index contributed by atoms with van der Waals surface area (Å²) in [7, 11) is 1.49. The van der Waals surface area contributed by atoms with Crippen molar-refractivity contribution in [3.63, 3.8) is 0 Å². The lowest BCUT2D eigenvalue weighted by atomic mass is 10.2. The number of thiocarbonyl (C=S) groups is 1. The topological polar surface area (TPSA) is 88.7 Å². The molecule has 0 radical (unpaired) electrons. The average Bonchev–Trinajstić information content (AvgIpc) is 2.84. The summed E-state index contributed by atoms with van der Waals surface area (Å²) >= 11 is 11.4. The van der Waals surface area contributed by atoms with E-state index in [0.29, 0.717) is 51.5 Å². The fraction of sp³-hybridized carbons (Fsp3) is 0.192. The number of ether oxygens (including phenoxy) is 2. The Morgan fingerprint density at radius 2 is 1.69 bits per heavy atom. The summed E-state index contributed by atoms with van der Waals surface area (Å²) < 4.78 is 11.0. The smallest absolute Gasteiger partial charge is 0.257 e. The molecule has 0 fully saturated rings. The molecule has 0 unspecified atom stereocenters. The van der Waals surface area contributed by atoms with Gasteiger partial charge in [0.1, 0.15) is 11.5 Å². The van der Waals surface area contributed by atoms with Crippen LogP contribution in [0.15, 0.2) is 66.7 Å². The molecule has 0 bridgehead atoms. The van der Waals surface area contributed by atoms with Crippen molar-refractivity contribution in [2.75, 3.05) is 24.4 Å². The van der Waals surface area contributed by atoms with Gasteiger partial charge < -0.3 is 20.1 Å². The third kappa shape index (κ3) is 7.43. The fourth-order valence-electron chi connectivity index (χ4n) is 3.01. The van der Waals surface area contributed by atoms with E-state index in [-0.39, 0.29) is 16.9 Å². The van der Waals surface area contributed by atoms with Crippen LogP contribution in [0.2, 0.25) is 5.02 Å². The van der Waals surface area contributed by atoms with Gasteiger partial charge in [0.05, 0.1) is 30.0 Å². The Morgan fingerprint density at radius 1 is 0.971 bits per heavy atom. The van der Waals surface area contributed by atoms with E-state index in [9.17, 15) is 9.59 Å². The largest absolute Gasteiger partial charge is 0.494 e. The highest BCUT2D eigenvalue weighted by Crippen LogP contribution is 2.29. The van der Waals surface area contributed by atoms with Crippen molar-refractivity contribution in [1.82, 2.24) is 5.32 Å². The third-order valence-corrected chi connectivity index (χ3v) is 5.29. The predicted octanol–water partition coefficient (Wildman–Crippen LogP) is 5.76. The van der Waals surface area contributed by atoms with Crippen LogP contribution in [0, 0.1) is 5.92 Å². The molecule has 182 valence electrons. The lowest BCUT2D eigenvalue weighted by Gasteiger charge is -2.14. The van der Waals surface area contributed by atoms with Crippen molar-refractivity contribution in [1.29, 1.82) is 0 Å². The highest BCUT2D eigenvalue weighted by molar-refractivity contribution is 7.80. The standard InChI is InChI=1S/C26H26ClN3O4S/c1-16(2)15-34-19-11-8-17(9-12-19)24(31)30-26(35)28-18-10-13-22(23(14-18)33-3)29-25(32)20-6-4-5-7-21(20)27/h4-14,16H,15H2,1-3H3,(H,29,32)(H2,28,30,31,35). The SMILES string of the molecule is COc1cc(NC(=S)NC(=O)c2ccc(OCC(C)C)cc2)ccc1NC(=O)c1ccccc1Cl. The Bertz CT molecular complexity index is 1220. The minimum absolute atomic E-state index is 0.116. The molecule has 0 aromatic heterocycles. The number of carbonyl (C=O) groups is 2. The van der Waals surface area contributed by atoms with Crippen LogP contribution in [0.5, 0.6) is 11.5 Å². The van der Waals surface area contributed by atoms with E-state index < -0.39 is 0 Å². The molecule has 3 aromatic rings. The molecule has 2 amide bonds. The molecular weight excluding hydrogens is 486 g/mol. The Balaban J connectivity index is 1.60. The summed E-state index contributed by atoms with van der Waals surface area (Å²) in [5.74, 6) is 0.797. The zero-order valence-electron chi connectivity index (χ0n) is 19.6. The maximum absolute atomic E-state index is 12.6. The zero-order valence-corrected chi connectivity index (χ0v) is 21.1. The van der Waals surface area contributed by atoms with Gasteiger partial charge in [-0.3, -0.25) is 14.9 Å². The van der Waals surface area contributed by atoms with Crippen molar-refractivity contribution in [3.8, 4) is 11.5 Å². The third-order valence-electron chi connectivity index (χ3n) is 4.75. The molecule has 0 atom stereocenters. The highest BCUT2D eigenvalue weighted by atomic mass is 35.5. The second-order valence-corrected chi connectivity index (χ2v) is 8.80. The lowest BCUT2D eigenvalue weighted by molar-refractivity contribution is 0.0976. The van der Waals surface area contributed by atoms with Crippen LogP contribution in [-0.2, 0) is 0 Å². The van der Waals surface area contributed by atoms with Gasteiger partial charge in [-0.15, -0.1) is 0 Å². The summed E-state index contributed by atoms with van der Waals surface area (Å²) in [5, 5.41) is 8.83. The van der Waals surface area contributed by atoms with Crippen LogP contribution in [0.1, 0.15) is 34.6 Å². The molecule has 0 heterocycles. The van der Waals surface area contributed by atoms with E-state index in [1.807, 2.05) is 0 Å². The van der Waals surface area contributed by atoms with E-state index in [2.05, 4.69) is 29.8 Å². The van der Waals surface area contributed by atoms with Crippen molar-refractivity contribution in [3.05, 3.63) is 82.9 Å². The number of anilines is 2. The minimum Gasteiger partial charge on any atom is -0.494 e. The van der Waals surface area contributed by atoms with Gasteiger partial charge in [0, 0.05) is 17.3 Å². The number of methoxy groups -OCH3 is 1. The number of rotatable bonds is 8. The quantitative estimate of drug-likeness (QED) is 0.333. The van der Waals surface area contributed by atoms with Crippen LogP contribution >= 0.6 is 23.8 Å². The summed E-state index contributed by atoms with van der Waals surface area (Å²) in [4.78, 5) is 25.1. The first-order valence-corrected chi connectivity index (χ1v) is 11.6. The second kappa shape index (κ2) is 12.2. The van der Waals surface area contributed by atoms with Crippen molar-refractivity contribution < 1.29 is 19.1 Å². The van der Waals surface area contributed by atoms with Gasteiger partial charge in [0.15, 0.2) is 5.11 Å². The fourth-order valence-corrected chi connectivity index (χ4v) is 3.44. The van der Waals surface area contributed by atoms with Crippen molar-refractivity contribution >= 4 is 52.1 Å². The molecule has 3 aromatic carbocycles. The average molecular weight is 512 g/mol. The van der Waals surface area contributed by atoms with Crippen LogP contribution < -0.4 is 25.4 Å². The number of carbonyl (C=O) groups excluding carboxylic acids is 2. The summed E-state index contributed by atoms with van der Waals surface area (Å²) in [6, 6.07) is 18.6. The molecule has 9 heteroatoms. The molecule has 3 N–H and O–H groups in total. The maximum atomic E-state index is 12.6. The predicted molar refractivity (Wildman–Crippen MR) is 143 cm³/mol. The van der Waals surface area contributed by atoms with Gasteiger partial charge >= 0.3 is 0 Å². The molecule has 0 saturated carbocycles. The number of amides is 2. The number of halogens is 1. The van der Waals surface area contributed by atoms with E-state index in [4.69, 9.17) is 33.3 Å². The van der Waals surface area contributed by atoms with Gasteiger partial charge in [-0.25, -0.2) is 0 Å². The number of hydrogen-bond donors (Lipinski definition) is 3. The van der Waals surface area contributed by atoms with Gasteiger partial charge in [0.25, 0.3) is 11.8 Å². The molecule has 0 spiro atoms. The van der Waals surface area contributed by atoms with E-state index in [1.165, 1.54) is 7.11 Å². The Labute approximate surface area is 214 Å². The number of nitrogens with one attached hydrogen (secondary N) is 3. The van der Waals surface area contributed by atoms with Gasteiger partial charge in [-0.1, -0.05) is 37.6 Å². The van der Waals surface area contributed by atoms with Crippen molar-refractivity contribution in [2.45, 2.75) is 13.8 Å². The Kier molecular flexibility index (Phi) is 9.05. The molecule has 3 rings (SSSR count). The molecule has 7 nitrogen and oxygen atoms in total. The Morgan fingerprint density at radius 3 is 2.34 bits per heavy atom. The summed E-state index contributed by atoms with van der Waals surface area (Å²) in [5.41, 5.74) is 1.82. The van der Waals surface area contributed by atoms with Gasteiger partial charge in [0.2, 0.25) is 0 Å². The molecule has 0 aliphatic heterocycles. The molecule has 0 aliphatic rings. The number of benzene rings is 3. The van der Waals surface area contributed by atoms with Crippen LogP contribution in [0.4, 0.5) is 11.4 Å². The molecular formula is C26H26ClN3O4S. The summed E-state index contributed by atoms with van der Waals surface area (Å²) in [6.07, 6.45) is 0. The van der Waals surface area contributed by atoms with Crippen molar-refractivity contribution in [2.24, 2.45) is 5.92 Å². The minimum atomic E-state index is -0.363. The zero-order chi connectivity index (χ0) is 25.4. The highest BCUT2D eigenvalue weighted by Gasteiger charge is 2.14. The van der Waals surface area contributed by atoms with Gasteiger partial charge in [-0.05, 0) is 66.7 Å². The van der Waals surface area contributed by atoms with E-state index in [1.54, 1.807) is 66.7 Å². The monoisotopic (exact) mass is 511 g/mol. The first-order valence-electron chi connectivity index (χ1n) is 10.9. The molecule has 0 saturated heterocycles. The molecule has 35 heavy (non-hydrogen) atoms. The molecule has 0 aliphatic carbocycles. The number of hydrogen-bond acceptors (Lipinski definition) is 5.